The van der Waals surface area contributed by atoms with Crippen LogP contribution in [0.5, 0.6) is 0 Å². The molecule has 0 aliphatic carbocycles. The number of pyridine rings is 1. The zero-order chi connectivity index (χ0) is 27.0. The second-order valence-corrected chi connectivity index (χ2v) is 10.7. The Morgan fingerprint density at radius 3 is 2.62 bits per heavy atom. The highest BCUT2D eigenvalue weighted by molar-refractivity contribution is 5.97. The molecule has 0 radical (unpaired) electrons. The molecule has 3 heterocycles. The number of amides is 2. The van der Waals surface area contributed by atoms with Crippen LogP contribution in [0.1, 0.15) is 39.9 Å². The van der Waals surface area contributed by atoms with Crippen LogP contribution in [0.4, 0.5) is 0 Å². The summed E-state index contributed by atoms with van der Waals surface area (Å²) < 4.78 is 0. The van der Waals surface area contributed by atoms with E-state index in [2.05, 4.69) is 70.7 Å². The van der Waals surface area contributed by atoms with Crippen LogP contribution in [0.3, 0.4) is 0 Å². The third-order valence-electron chi connectivity index (χ3n) is 8.07. The predicted molar refractivity (Wildman–Crippen MR) is 153 cm³/mol. The lowest BCUT2D eigenvalue weighted by molar-refractivity contribution is -0.135. The first kappa shape index (κ1) is 27.0. The van der Waals surface area contributed by atoms with Crippen LogP contribution in [-0.2, 0) is 17.8 Å². The van der Waals surface area contributed by atoms with Gasteiger partial charge in [-0.15, -0.1) is 0 Å². The molecule has 2 fully saturated rings. The van der Waals surface area contributed by atoms with Crippen LogP contribution >= 0.6 is 0 Å². The van der Waals surface area contributed by atoms with Gasteiger partial charge in [0.15, 0.2) is 0 Å². The molecule has 39 heavy (non-hydrogen) atoms. The number of benzene rings is 2. The Morgan fingerprint density at radius 2 is 1.82 bits per heavy atom. The van der Waals surface area contributed by atoms with Crippen molar-refractivity contribution in [2.45, 2.75) is 44.8 Å². The van der Waals surface area contributed by atoms with E-state index in [1.165, 1.54) is 16.7 Å². The highest BCUT2D eigenvalue weighted by atomic mass is 16.2. The Kier molecular flexibility index (Phi) is 9.01. The fraction of sp³-hybridized carbons (Fsp3) is 0.406. The zero-order valence-electron chi connectivity index (χ0n) is 22.8. The molecule has 2 aliphatic rings. The maximum Gasteiger partial charge on any atom is 0.256 e. The van der Waals surface area contributed by atoms with Gasteiger partial charge in [-0.25, -0.2) is 0 Å². The summed E-state index contributed by atoms with van der Waals surface area (Å²) in [5.74, 6) is -0.0480. The lowest BCUT2D eigenvalue weighted by Crippen LogP contribution is -2.48. The number of likely N-dealkylation sites (tertiary alicyclic amines) is 1. The van der Waals surface area contributed by atoms with Gasteiger partial charge >= 0.3 is 0 Å². The first-order chi connectivity index (χ1) is 19.1. The molecule has 3 aromatic rings. The molecular formula is C32H39N5O2. The summed E-state index contributed by atoms with van der Waals surface area (Å²) in [7, 11) is 0. The van der Waals surface area contributed by atoms with Gasteiger partial charge in [0.2, 0.25) is 5.91 Å². The summed E-state index contributed by atoms with van der Waals surface area (Å²) in [5, 5.41) is 3.38. The number of hydrogen-bond donors (Lipinski definition) is 1. The standard InChI is InChI=1S/C32H39N5O2/c1-25-9-5-6-12-28(25)23-36(19-14-26-10-3-2-4-11-26)29-21-30(32(39)35-18-8-16-33-17-20-35)37(24-29)31(38)27-13-7-15-34-22-27/h2-7,9-13,15,22,29-30,33H,8,14,16-21,23-24H2,1H3. The average Bonchev–Trinajstić information content (AvgIpc) is 3.23. The summed E-state index contributed by atoms with van der Waals surface area (Å²) >= 11 is 0. The van der Waals surface area contributed by atoms with E-state index in [4.69, 9.17) is 0 Å². The fourth-order valence-corrected chi connectivity index (χ4v) is 5.78. The van der Waals surface area contributed by atoms with Crippen molar-refractivity contribution in [3.8, 4) is 0 Å². The molecule has 0 bridgehead atoms. The summed E-state index contributed by atoms with van der Waals surface area (Å²) in [5.41, 5.74) is 4.36. The minimum atomic E-state index is -0.475. The SMILES string of the molecule is Cc1ccccc1CN(CCc1ccccc1)C1CC(C(=O)N2CCCNCC2)N(C(=O)c2cccnc2)C1. The van der Waals surface area contributed by atoms with E-state index in [0.29, 0.717) is 25.1 Å². The molecule has 7 nitrogen and oxygen atoms in total. The van der Waals surface area contributed by atoms with Crippen molar-refractivity contribution in [1.82, 2.24) is 25.0 Å². The Labute approximate surface area is 231 Å². The van der Waals surface area contributed by atoms with Crippen molar-refractivity contribution in [1.29, 1.82) is 0 Å². The molecule has 2 aliphatic heterocycles. The van der Waals surface area contributed by atoms with Crippen LogP contribution in [0.25, 0.3) is 0 Å². The number of aryl methyl sites for hydroxylation is 1. The molecular weight excluding hydrogens is 486 g/mol. The summed E-state index contributed by atoms with van der Waals surface area (Å²) in [6.07, 6.45) is 5.75. The summed E-state index contributed by atoms with van der Waals surface area (Å²) in [6, 6.07) is 22.2. The maximum atomic E-state index is 13.9. The number of aromatic nitrogens is 1. The summed E-state index contributed by atoms with van der Waals surface area (Å²) in [4.78, 5) is 38.1. The van der Waals surface area contributed by atoms with Gasteiger partial charge in [0.25, 0.3) is 5.91 Å². The van der Waals surface area contributed by atoms with E-state index >= 15 is 0 Å². The largest absolute Gasteiger partial charge is 0.340 e. The molecule has 2 unspecified atom stereocenters. The van der Waals surface area contributed by atoms with Crippen LogP contribution in [0, 0.1) is 6.92 Å². The molecule has 1 N–H and O–H groups in total. The van der Waals surface area contributed by atoms with Crippen LogP contribution in [-0.4, -0.2) is 82.9 Å². The second kappa shape index (κ2) is 13.0. The Balaban J connectivity index is 1.42. The van der Waals surface area contributed by atoms with Gasteiger partial charge in [0.1, 0.15) is 6.04 Å². The minimum absolute atomic E-state index is 0.0670. The lowest BCUT2D eigenvalue weighted by atomic mass is 10.0. The molecule has 2 aromatic carbocycles. The Hall–Kier alpha value is -3.55. The first-order valence-electron chi connectivity index (χ1n) is 14.1. The normalized spacial score (nSPS) is 19.7. The van der Waals surface area contributed by atoms with Crippen LogP contribution in [0.15, 0.2) is 79.1 Å². The highest BCUT2D eigenvalue weighted by Crippen LogP contribution is 2.28. The fourth-order valence-electron chi connectivity index (χ4n) is 5.78. The summed E-state index contributed by atoms with van der Waals surface area (Å²) in [6.45, 7) is 7.42. The van der Waals surface area contributed by atoms with E-state index in [-0.39, 0.29) is 17.9 Å². The zero-order valence-corrected chi connectivity index (χ0v) is 22.8. The van der Waals surface area contributed by atoms with Gasteiger partial charge in [-0.3, -0.25) is 19.5 Å². The number of hydrogen-bond acceptors (Lipinski definition) is 5. The van der Waals surface area contributed by atoms with Crippen LogP contribution < -0.4 is 5.32 Å². The number of nitrogens with one attached hydrogen (secondary N) is 1. The van der Waals surface area contributed by atoms with Crippen molar-refractivity contribution in [3.63, 3.8) is 0 Å². The molecule has 7 heteroatoms. The average molecular weight is 526 g/mol. The Bertz CT molecular complexity index is 1230. The molecule has 204 valence electrons. The van der Waals surface area contributed by atoms with E-state index in [1.807, 2.05) is 15.9 Å². The van der Waals surface area contributed by atoms with E-state index < -0.39 is 6.04 Å². The van der Waals surface area contributed by atoms with Crippen LogP contribution in [0.2, 0.25) is 0 Å². The topological polar surface area (TPSA) is 68.8 Å². The molecule has 1 aromatic heterocycles. The van der Waals surface area contributed by atoms with Gasteiger partial charge in [0, 0.05) is 57.7 Å². The second-order valence-electron chi connectivity index (χ2n) is 10.7. The number of nitrogens with zero attached hydrogens (tertiary/aromatic N) is 4. The maximum absolute atomic E-state index is 13.9. The minimum Gasteiger partial charge on any atom is -0.340 e. The number of rotatable bonds is 8. The van der Waals surface area contributed by atoms with Gasteiger partial charge in [-0.05, 0) is 61.6 Å². The van der Waals surface area contributed by atoms with Crippen molar-refractivity contribution in [2.75, 3.05) is 39.3 Å². The molecule has 2 amide bonds. The number of carbonyl (C=O) groups excluding carboxylic acids is 2. The monoisotopic (exact) mass is 525 g/mol. The van der Waals surface area contributed by atoms with Gasteiger partial charge < -0.3 is 15.1 Å². The smallest absolute Gasteiger partial charge is 0.256 e. The quantitative estimate of drug-likeness (QED) is 0.487. The first-order valence-corrected chi connectivity index (χ1v) is 14.1. The van der Waals surface area contributed by atoms with Gasteiger partial charge in [-0.2, -0.15) is 0 Å². The third kappa shape index (κ3) is 6.72. The lowest BCUT2D eigenvalue weighted by Gasteiger charge is -2.30. The molecule has 0 saturated carbocycles. The molecule has 2 saturated heterocycles. The third-order valence-corrected chi connectivity index (χ3v) is 8.07. The van der Waals surface area contributed by atoms with Crippen molar-refractivity contribution in [2.24, 2.45) is 0 Å². The number of carbonyl (C=O) groups is 2. The van der Waals surface area contributed by atoms with Crippen molar-refractivity contribution < 1.29 is 9.59 Å². The van der Waals surface area contributed by atoms with Gasteiger partial charge in [0.05, 0.1) is 5.56 Å². The molecule has 2 atom stereocenters. The molecule has 5 rings (SSSR count). The van der Waals surface area contributed by atoms with Crippen molar-refractivity contribution >= 4 is 11.8 Å². The molecule has 0 spiro atoms. The van der Waals surface area contributed by atoms with E-state index in [9.17, 15) is 9.59 Å². The van der Waals surface area contributed by atoms with E-state index in [1.54, 1.807) is 24.5 Å². The predicted octanol–water partition coefficient (Wildman–Crippen LogP) is 3.54. The van der Waals surface area contributed by atoms with Crippen molar-refractivity contribution in [3.05, 3.63) is 101 Å². The van der Waals surface area contributed by atoms with Gasteiger partial charge in [-0.1, -0.05) is 54.6 Å². The highest BCUT2D eigenvalue weighted by Gasteiger charge is 2.43. The van der Waals surface area contributed by atoms with E-state index in [0.717, 1.165) is 45.6 Å². The Morgan fingerprint density at radius 1 is 1.00 bits per heavy atom.